The molecule has 0 unspecified atom stereocenters. The molecule has 1 aliphatic heterocycles. The summed E-state index contributed by atoms with van der Waals surface area (Å²) < 4.78 is 0. The molecule has 152 valence electrons. The summed E-state index contributed by atoms with van der Waals surface area (Å²) in [5, 5.41) is 5.78. The first-order valence-electron chi connectivity index (χ1n) is 9.93. The van der Waals surface area contributed by atoms with Gasteiger partial charge in [-0.2, -0.15) is 0 Å². The Morgan fingerprint density at radius 2 is 1.90 bits per heavy atom. The summed E-state index contributed by atoms with van der Waals surface area (Å²) in [6.07, 6.45) is 1.49. The Labute approximate surface area is 171 Å². The molecule has 0 radical (unpaired) electrons. The molecule has 3 rings (SSSR count). The van der Waals surface area contributed by atoms with Crippen molar-refractivity contribution in [2.75, 3.05) is 17.2 Å². The highest BCUT2D eigenvalue weighted by molar-refractivity contribution is 6.05. The second-order valence-electron chi connectivity index (χ2n) is 7.75. The van der Waals surface area contributed by atoms with Gasteiger partial charge in [0.1, 0.15) is 0 Å². The van der Waals surface area contributed by atoms with E-state index in [1.165, 1.54) is 0 Å². The van der Waals surface area contributed by atoms with Crippen LogP contribution in [0.1, 0.15) is 48.2 Å². The van der Waals surface area contributed by atoms with Crippen LogP contribution in [0.5, 0.6) is 0 Å². The number of rotatable bonds is 6. The molecular formula is C23H27N3O3. The lowest BCUT2D eigenvalue weighted by atomic mass is 10.1. The highest BCUT2D eigenvalue weighted by Gasteiger charge is 2.20. The maximum Gasteiger partial charge on any atom is 0.255 e. The molecule has 1 saturated heterocycles. The molecule has 1 fully saturated rings. The molecular weight excluding hydrogens is 366 g/mol. The smallest absolute Gasteiger partial charge is 0.255 e. The number of carbonyl (C=O) groups is 3. The Morgan fingerprint density at radius 3 is 2.59 bits per heavy atom. The van der Waals surface area contributed by atoms with Crippen molar-refractivity contribution in [3.8, 4) is 0 Å². The summed E-state index contributed by atoms with van der Waals surface area (Å²) >= 11 is 0. The van der Waals surface area contributed by atoms with E-state index in [0.29, 0.717) is 29.9 Å². The zero-order valence-electron chi connectivity index (χ0n) is 17.1. The second-order valence-corrected chi connectivity index (χ2v) is 7.75. The largest absolute Gasteiger partial charge is 0.338 e. The molecule has 1 aliphatic rings. The van der Waals surface area contributed by atoms with E-state index in [2.05, 4.69) is 10.6 Å². The number of amides is 3. The highest BCUT2D eigenvalue weighted by atomic mass is 16.2. The van der Waals surface area contributed by atoms with Gasteiger partial charge in [-0.1, -0.05) is 32.0 Å². The van der Waals surface area contributed by atoms with Crippen LogP contribution in [0.25, 0.3) is 0 Å². The van der Waals surface area contributed by atoms with E-state index >= 15 is 0 Å². The summed E-state index contributed by atoms with van der Waals surface area (Å²) in [6.45, 7) is 6.85. The van der Waals surface area contributed by atoms with Gasteiger partial charge in [-0.15, -0.1) is 0 Å². The third-order valence-corrected chi connectivity index (χ3v) is 5.01. The van der Waals surface area contributed by atoms with Crippen molar-refractivity contribution in [1.82, 2.24) is 4.90 Å². The quantitative estimate of drug-likeness (QED) is 0.780. The highest BCUT2D eigenvalue weighted by Crippen LogP contribution is 2.22. The minimum Gasteiger partial charge on any atom is -0.338 e. The third kappa shape index (κ3) is 5.22. The van der Waals surface area contributed by atoms with Gasteiger partial charge >= 0.3 is 0 Å². The normalized spacial score (nSPS) is 13.7. The molecule has 2 aromatic rings. The first-order valence-corrected chi connectivity index (χ1v) is 9.93. The Hall–Kier alpha value is -3.15. The van der Waals surface area contributed by atoms with Gasteiger partial charge in [0.2, 0.25) is 11.8 Å². The van der Waals surface area contributed by atoms with E-state index in [9.17, 15) is 14.4 Å². The average molecular weight is 393 g/mol. The minimum atomic E-state index is -0.227. The maximum atomic E-state index is 12.8. The van der Waals surface area contributed by atoms with Crippen LogP contribution in [0.4, 0.5) is 11.4 Å². The van der Waals surface area contributed by atoms with Gasteiger partial charge in [0, 0.05) is 42.4 Å². The lowest BCUT2D eigenvalue weighted by molar-refractivity contribution is -0.128. The van der Waals surface area contributed by atoms with E-state index in [4.69, 9.17) is 0 Å². The first-order chi connectivity index (χ1) is 13.8. The first kappa shape index (κ1) is 20.6. The van der Waals surface area contributed by atoms with Gasteiger partial charge < -0.3 is 15.5 Å². The zero-order chi connectivity index (χ0) is 21.0. The van der Waals surface area contributed by atoms with Gasteiger partial charge in [0.05, 0.1) is 0 Å². The fourth-order valence-electron chi connectivity index (χ4n) is 3.22. The molecule has 0 atom stereocenters. The molecule has 0 aliphatic carbocycles. The predicted molar refractivity (Wildman–Crippen MR) is 114 cm³/mol. The Morgan fingerprint density at radius 1 is 1.10 bits per heavy atom. The molecule has 1 heterocycles. The SMILES string of the molecule is Cc1ccc(NC(=O)C(C)C)cc1NC(=O)c1cccc(CN2CCCC2=O)c1. The van der Waals surface area contributed by atoms with Crippen molar-refractivity contribution in [1.29, 1.82) is 0 Å². The van der Waals surface area contributed by atoms with Crippen molar-refractivity contribution in [3.05, 3.63) is 59.2 Å². The van der Waals surface area contributed by atoms with Crippen LogP contribution in [-0.4, -0.2) is 29.2 Å². The number of nitrogens with one attached hydrogen (secondary N) is 2. The van der Waals surface area contributed by atoms with Crippen LogP contribution in [0.15, 0.2) is 42.5 Å². The lowest BCUT2D eigenvalue weighted by Gasteiger charge is -2.16. The average Bonchev–Trinajstić information content (AvgIpc) is 3.09. The number of hydrogen-bond acceptors (Lipinski definition) is 3. The van der Waals surface area contributed by atoms with Crippen molar-refractivity contribution >= 4 is 29.1 Å². The molecule has 0 saturated carbocycles. The Bertz CT molecular complexity index is 937. The molecule has 3 amide bonds. The van der Waals surface area contributed by atoms with Crippen LogP contribution < -0.4 is 10.6 Å². The monoisotopic (exact) mass is 393 g/mol. The number of anilines is 2. The fraction of sp³-hybridized carbons (Fsp3) is 0.348. The van der Waals surface area contributed by atoms with Crippen molar-refractivity contribution in [3.63, 3.8) is 0 Å². The summed E-state index contributed by atoms with van der Waals surface area (Å²) in [6, 6.07) is 12.8. The topological polar surface area (TPSA) is 78.5 Å². The van der Waals surface area contributed by atoms with Crippen molar-refractivity contribution in [2.24, 2.45) is 5.92 Å². The minimum absolute atomic E-state index is 0.0738. The van der Waals surface area contributed by atoms with Crippen LogP contribution in [-0.2, 0) is 16.1 Å². The number of hydrogen-bond donors (Lipinski definition) is 2. The molecule has 6 nitrogen and oxygen atoms in total. The summed E-state index contributed by atoms with van der Waals surface area (Å²) in [7, 11) is 0. The van der Waals surface area contributed by atoms with Gasteiger partial charge in [0.15, 0.2) is 0 Å². The lowest BCUT2D eigenvalue weighted by Crippen LogP contribution is -2.24. The number of nitrogens with zero attached hydrogens (tertiary/aromatic N) is 1. The van der Waals surface area contributed by atoms with Crippen LogP contribution >= 0.6 is 0 Å². The summed E-state index contributed by atoms with van der Waals surface area (Å²) in [5.74, 6) is -0.263. The van der Waals surface area contributed by atoms with E-state index < -0.39 is 0 Å². The van der Waals surface area contributed by atoms with E-state index in [-0.39, 0.29) is 23.6 Å². The van der Waals surface area contributed by atoms with Crippen molar-refractivity contribution in [2.45, 2.75) is 40.2 Å². The number of carbonyl (C=O) groups excluding carboxylic acids is 3. The Balaban J connectivity index is 1.72. The van der Waals surface area contributed by atoms with Gasteiger partial charge in [-0.3, -0.25) is 14.4 Å². The standard InChI is InChI=1S/C23H27N3O3/c1-15(2)22(28)24-19-10-9-16(3)20(13-19)25-23(29)18-7-4-6-17(12-18)14-26-11-5-8-21(26)27/h4,6-7,9-10,12-13,15H,5,8,11,14H2,1-3H3,(H,24,28)(H,25,29). The summed E-state index contributed by atoms with van der Waals surface area (Å²) in [4.78, 5) is 38.4. The maximum absolute atomic E-state index is 12.8. The zero-order valence-corrected chi connectivity index (χ0v) is 17.1. The Kier molecular flexibility index (Phi) is 6.32. The number of likely N-dealkylation sites (tertiary alicyclic amines) is 1. The molecule has 0 bridgehead atoms. The number of benzene rings is 2. The molecule has 2 N–H and O–H groups in total. The number of aryl methyl sites for hydroxylation is 1. The van der Waals surface area contributed by atoms with E-state index in [1.54, 1.807) is 12.1 Å². The molecule has 0 spiro atoms. The second kappa shape index (κ2) is 8.90. The predicted octanol–water partition coefficient (Wildman–Crippen LogP) is 3.96. The van der Waals surface area contributed by atoms with Crippen LogP contribution in [0.3, 0.4) is 0 Å². The molecule has 0 aromatic heterocycles. The molecule has 2 aromatic carbocycles. The van der Waals surface area contributed by atoms with Crippen LogP contribution in [0, 0.1) is 12.8 Å². The summed E-state index contributed by atoms with van der Waals surface area (Å²) in [5.41, 5.74) is 3.66. The fourth-order valence-corrected chi connectivity index (χ4v) is 3.22. The van der Waals surface area contributed by atoms with Gasteiger partial charge in [-0.25, -0.2) is 0 Å². The van der Waals surface area contributed by atoms with E-state index in [1.807, 2.05) is 56.0 Å². The van der Waals surface area contributed by atoms with Crippen molar-refractivity contribution < 1.29 is 14.4 Å². The molecule has 29 heavy (non-hydrogen) atoms. The molecule has 6 heteroatoms. The van der Waals surface area contributed by atoms with Crippen LogP contribution in [0.2, 0.25) is 0 Å². The van der Waals surface area contributed by atoms with Gasteiger partial charge in [-0.05, 0) is 48.7 Å². The van der Waals surface area contributed by atoms with Gasteiger partial charge in [0.25, 0.3) is 5.91 Å². The van der Waals surface area contributed by atoms with E-state index in [0.717, 1.165) is 24.1 Å². The third-order valence-electron chi connectivity index (χ3n) is 5.01.